The highest BCUT2D eigenvalue weighted by Crippen LogP contribution is 2.27. The van der Waals surface area contributed by atoms with E-state index in [0.29, 0.717) is 5.69 Å². The maximum Gasteiger partial charge on any atom is 0.415 e. The highest BCUT2D eigenvalue weighted by molar-refractivity contribution is 7.16. The molecule has 0 radical (unpaired) electrons. The van der Waals surface area contributed by atoms with Crippen molar-refractivity contribution in [2.24, 2.45) is 7.05 Å². The van der Waals surface area contributed by atoms with Gasteiger partial charge in [-0.15, -0.1) is 0 Å². The molecule has 1 atom stereocenters. The molecule has 0 bridgehead atoms. The molecular weight excluding hydrogens is 325 g/mol. The maximum atomic E-state index is 12.1. The first-order chi connectivity index (χ1) is 11.0. The van der Waals surface area contributed by atoms with Crippen LogP contribution in [0.2, 0.25) is 0 Å². The fraction of sp³-hybridized carbons (Fsp3) is 0.357. The van der Waals surface area contributed by atoms with Gasteiger partial charge in [0.1, 0.15) is 6.67 Å². The van der Waals surface area contributed by atoms with Crippen LogP contribution in [-0.4, -0.2) is 42.4 Å². The third-order valence-electron chi connectivity index (χ3n) is 3.59. The predicted octanol–water partition coefficient (Wildman–Crippen LogP) is 1.01. The average Bonchev–Trinajstić information content (AvgIpc) is 3.05. The quantitative estimate of drug-likeness (QED) is 0.901. The molecule has 1 aliphatic rings. The van der Waals surface area contributed by atoms with Crippen LogP contribution in [0.25, 0.3) is 10.2 Å². The molecule has 0 saturated carbocycles. The number of rotatable bonds is 4. The van der Waals surface area contributed by atoms with E-state index in [0.717, 1.165) is 21.6 Å². The van der Waals surface area contributed by atoms with Crippen LogP contribution in [-0.2, 0) is 16.6 Å². The molecule has 2 heterocycles. The van der Waals surface area contributed by atoms with E-state index in [1.807, 2.05) is 0 Å². The third-order valence-corrected chi connectivity index (χ3v) is 4.58. The van der Waals surface area contributed by atoms with Crippen LogP contribution in [0, 0.1) is 0 Å². The second kappa shape index (κ2) is 5.99. The van der Waals surface area contributed by atoms with Crippen molar-refractivity contribution in [2.45, 2.75) is 6.10 Å². The SMILES string of the molecule is Cn1c(=O)sc2cc(N3C[C@H](C(=O)NCCF)OC3=O)ccc21. The van der Waals surface area contributed by atoms with Gasteiger partial charge in [0, 0.05) is 19.3 Å². The summed E-state index contributed by atoms with van der Waals surface area (Å²) in [7, 11) is 1.68. The molecule has 0 spiro atoms. The summed E-state index contributed by atoms with van der Waals surface area (Å²) in [5, 5.41) is 2.35. The molecular formula is C14H14FN3O4S. The van der Waals surface area contributed by atoms with Crippen LogP contribution < -0.4 is 15.1 Å². The Bertz CT molecular complexity index is 831. The number of amides is 2. The Balaban J connectivity index is 1.83. The Hall–Kier alpha value is -2.42. The van der Waals surface area contributed by atoms with Crippen molar-refractivity contribution in [1.82, 2.24) is 9.88 Å². The van der Waals surface area contributed by atoms with Crippen LogP contribution in [0.4, 0.5) is 14.9 Å². The Kier molecular flexibility index (Phi) is 4.03. The molecule has 1 aromatic heterocycles. The van der Waals surface area contributed by atoms with Gasteiger partial charge in [-0.1, -0.05) is 11.3 Å². The molecule has 1 fully saturated rings. The number of fused-ring (bicyclic) bond motifs is 1. The molecule has 1 saturated heterocycles. The van der Waals surface area contributed by atoms with Crippen molar-refractivity contribution in [3.8, 4) is 0 Å². The van der Waals surface area contributed by atoms with E-state index in [4.69, 9.17) is 4.74 Å². The Morgan fingerprint density at radius 1 is 1.48 bits per heavy atom. The standard InChI is InChI=1S/C14H14FN3O4S/c1-17-9-3-2-8(6-11(9)23-14(17)21)18-7-10(22-13(18)20)12(19)16-5-4-15/h2-3,6,10H,4-5,7H2,1H3,(H,16,19)/t10-/m1/s1. The zero-order valence-electron chi connectivity index (χ0n) is 12.2. The summed E-state index contributed by atoms with van der Waals surface area (Å²) < 4.78 is 19.4. The number of halogens is 1. The van der Waals surface area contributed by atoms with E-state index >= 15 is 0 Å². The lowest BCUT2D eigenvalue weighted by atomic mass is 10.2. The Labute approximate surface area is 134 Å². The highest BCUT2D eigenvalue weighted by Gasteiger charge is 2.37. The molecule has 2 amide bonds. The van der Waals surface area contributed by atoms with Gasteiger partial charge in [-0.05, 0) is 18.2 Å². The predicted molar refractivity (Wildman–Crippen MR) is 83.7 cm³/mol. The summed E-state index contributed by atoms with van der Waals surface area (Å²) in [6, 6.07) is 5.15. The Morgan fingerprint density at radius 3 is 3.00 bits per heavy atom. The van der Waals surface area contributed by atoms with Gasteiger partial charge in [-0.25, -0.2) is 9.18 Å². The van der Waals surface area contributed by atoms with Crippen LogP contribution >= 0.6 is 11.3 Å². The van der Waals surface area contributed by atoms with E-state index < -0.39 is 24.8 Å². The fourth-order valence-corrected chi connectivity index (χ4v) is 3.30. The summed E-state index contributed by atoms with van der Waals surface area (Å²) >= 11 is 1.08. The summed E-state index contributed by atoms with van der Waals surface area (Å²) in [4.78, 5) is 36.6. The van der Waals surface area contributed by atoms with Crippen molar-refractivity contribution in [2.75, 3.05) is 24.7 Å². The molecule has 7 nitrogen and oxygen atoms in total. The fourth-order valence-electron chi connectivity index (χ4n) is 2.38. The minimum atomic E-state index is -0.973. The molecule has 0 aliphatic carbocycles. The van der Waals surface area contributed by atoms with Gasteiger partial charge in [-0.3, -0.25) is 14.5 Å². The van der Waals surface area contributed by atoms with Gasteiger partial charge in [0.05, 0.1) is 16.8 Å². The van der Waals surface area contributed by atoms with Gasteiger partial charge >= 0.3 is 11.0 Å². The maximum absolute atomic E-state index is 12.1. The molecule has 1 N–H and O–H groups in total. The number of aromatic nitrogens is 1. The summed E-state index contributed by atoms with van der Waals surface area (Å²) in [5.41, 5.74) is 1.32. The Morgan fingerprint density at radius 2 is 2.26 bits per heavy atom. The van der Waals surface area contributed by atoms with Gasteiger partial charge in [0.2, 0.25) is 0 Å². The number of nitrogens with zero attached hydrogens (tertiary/aromatic N) is 2. The minimum Gasteiger partial charge on any atom is -0.434 e. The smallest absolute Gasteiger partial charge is 0.415 e. The number of benzene rings is 1. The van der Waals surface area contributed by atoms with E-state index in [2.05, 4.69) is 5.32 Å². The zero-order chi connectivity index (χ0) is 16.6. The first-order valence-corrected chi connectivity index (χ1v) is 7.74. The van der Waals surface area contributed by atoms with Crippen LogP contribution in [0.5, 0.6) is 0 Å². The number of nitrogens with one attached hydrogen (secondary N) is 1. The summed E-state index contributed by atoms with van der Waals surface area (Å²) in [5.74, 6) is -0.524. The van der Waals surface area contributed by atoms with Gasteiger partial charge in [0.15, 0.2) is 6.10 Å². The van der Waals surface area contributed by atoms with Crippen molar-refractivity contribution in [3.05, 3.63) is 27.9 Å². The topological polar surface area (TPSA) is 80.6 Å². The molecule has 1 aromatic carbocycles. The average molecular weight is 339 g/mol. The van der Waals surface area contributed by atoms with Crippen LogP contribution in [0.3, 0.4) is 0 Å². The second-order valence-electron chi connectivity index (χ2n) is 5.04. The zero-order valence-corrected chi connectivity index (χ0v) is 13.1. The normalized spacial score (nSPS) is 17.6. The van der Waals surface area contributed by atoms with Gasteiger partial charge < -0.3 is 14.6 Å². The van der Waals surface area contributed by atoms with E-state index in [-0.39, 0.29) is 18.0 Å². The largest absolute Gasteiger partial charge is 0.434 e. The van der Waals surface area contributed by atoms with E-state index in [1.165, 1.54) is 9.47 Å². The number of hydrogen-bond donors (Lipinski definition) is 1. The number of hydrogen-bond acceptors (Lipinski definition) is 5. The van der Waals surface area contributed by atoms with Crippen LogP contribution in [0.15, 0.2) is 23.0 Å². The first-order valence-electron chi connectivity index (χ1n) is 6.92. The van der Waals surface area contributed by atoms with E-state index in [1.54, 1.807) is 25.2 Å². The molecule has 23 heavy (non-hydrogen) atoms. The number of carbonyl (C=O) groups is 2. The number of thiazole rings is 1. The molecule has 0 unspecified atom stereocenters. The number of anilines is 1. The van der Waals surface area contributed by atoms with Gasteiger partial charge in [0.25, 0.3) is 5.91 Å². The van der Waals surface area contributed by atoms with Crippen LogP contribution in [0.1, 0.15) is 0 Å². The van der Waals surface area contributed by atoms with Crippen molar-refractivity contribution in [3.63, 3.8) is 0 Å². The summed E-state index contributed by atoms with van der Waals surface area (Å²) in [6.45, 7) is -0.749. The molecule has 3 rings (SSSR count). The van der Waals surface area contributed by atoms with Gasteiger partial charge in [-0.2, -0.15) is 0 Å². The van der Waals surface area contributed by atoms with Crippen molar-refractivity contribution < 1.29 is 18.7 Å². The molecule has 2 aromatic rings. The second-order valence-corrected chi connectivity index (χ2v) is 6.04. The number of carbonyl (C=O) groups excluding carboxylic acids is 2. The number of ether oxygens (including phenoxy) is 1. The monoisotopic (exact) mass is 339 g/mol. The highest BCUT2D eigenvalue weighted by atomic mass is 32.1. The van der Waals surface area contributed by atoms with Crippen molar-refractivity contribution >= 4 is 39.2 Å². The number of aryl methyl sites for hydroxylation is 1. The number of alkyl halides is 1. The summed E-state index contributed by atoms with van der Waals surface area (Å²) in [6.07, 6.45) is -1.62. The molecule has 1 aliphatic heterocycles. The molecule has 122 valence electrons. The van der Waals surface area contributed by atoms with E-state index in [9.17, 15) is 18.8 Å². The lowest BCUT2D eigenvalue weighted by molar-refractivity contribution is -0.127. The minimum absolute atomic E-state index is 0.0458. The number of cyclic esters (lactones) is 1. The van der Waals surface area contributed by atoms with Crippen molar-refractivity contribution in [1.29, 1.82) is 0 Å². The lowest BCUT2D eigenvalue weighted by Gasteiger charge is -2.13. The first kappa shape index (κ1) is 15.5. The molecule has 9 heteroatoms. The lowest BCUT2D eigenvalue weighted by Crippen LogP contribution is -2.38. The third kappa shape index (κ3) is 2.79.